The summed E-state index contributed by atoms with van der Waals surface area (Å²) in [6.07, 6.45) is 0. The van der Waals surface area contributed by atoms with Crippen LogP contribution in [0.4, 0.5) is 11.4 Å². The molecular weight excluding hydrogens is 312 g/mol. The van der Waals surface area contributed by atoms with Crippen LogP contribution in [0.1, 0.15) is 10.4 Å². The van der Waals surface area contributed by atoms with E-state index in [0.717, 1.165) is 22.4 Å². The molecule has 3 aromatic carbocycles. The minimum absolute atomic E-state index is 0.141. The molecule has 0 spiro atoms. The van der Waals surface area contributed by atoms with Crippen molar-refractivity contribution in [3.05, 3.63) is 78.4 Å². The van der Waals surface area contributed by atoms with Crippen molar-refractivity contribution in [1.82, 2.24) is 9.97 Å². The summed E-state index contributed by atoms with van der Waals surface area (Å²) < 4.78 is 0. The number of imidazole rings is 1. The van der Waals surface area contributed by atoms with Crippen LogP contribution in [-0.4, -0.2) is 15.9 Å². The number of aromatic nitrogens is 2. The fourth-order valence-electron chi connectivity index (χ4n) is 2.66. The lowest BCUT2D eigenvalue weighted by molar-refractivity contribution is 0.102. The first-order valence-electron chi connectivity index (χ1n) is 7.91. The van der Waals surface area contributed by atoms with Gasteiger partial charge >= 0.3 is 0 Å². The first-order chi connectivity index (χ1) is 12.2. The number of rotatable bonds is 3. The summed E-state index contributed by atoms with van der Waals surface area (Å²) >= 11 is 0. The molecule has 0 unspecified atom stereocenters. The Kier molecular flexibility index (Phi) is 3.67. The Hall–Kier alpha value is -3.60. The zero-order chi connectivity index (χ0) is 17.2. The molecule has 0 atom stereocenters. The molecule has 1 heterocycles. The monoisotopic (exact) mass is 328 g/mol. The highest BCUT2D eigenvalue weighted by Crippen LogP contribution is 2.23. The van der Waals surface area contributed by atoms with Gasteiger partial charge in [-0.15, -0.1) is 0 Å². The smallest absolute Gasteiger partial charge is 0.255 e. The van der Waals surface area contributed by atoms with Gasteiger partial charge in [-0.2, -0.15) is 0 Å². The number of H-pyrrole nitrogens is 1. The average molecular weight is 328 g/mol. The first kappa shape index (κ1) is 15.0. The molecule has 5 heteroatoms. The van der Waals surface area contributed by atoms with Gasteiger partial charge in [0.15, 0.2) is 0 Å². The fraction of sp³-hybridized carbons (Fsp3) is 0. The molecule has 1 amide bonds. The largest absolute Gasteiger partial charge is 0.399 e. The molecule has 122 valence electrons. The van der Waals surface area contributed by atoms with Gasteiger partial charge in [-0.25, -0.2) is 4.98 Å². The average Bonchev–Trinajstić information content (AvgIpc) is 3.06. The normalized spacial score (nSPS) is 10.7. The number of benzene rings is 3. The summed E-state index contributed by atoms with van der Waals surface area (Å²) in [5.74, 6) is 0.625. The minimum atomic E-state index is -0.141. The van der Waals surface area contributed by atoms with Gasteiger partial charge in [0, 0.05) is 22.5 Å². The third-order valence-electron chi connectivity index (χ3n) is 3.96. The molecule has 0 aliphatic carbocycles. The Morgan fingerprint density at radius 2 is 1.72 bits per heavy atom. The van der Waals surface area contributed by atoms with Gasteiger partial charge in [0.1, 0.15) is 5.82 Å². The number of carbonyl (C=O) groups excluding carboxylic acids is 1. The van der Waals surface area contributed by atoms with Crippen LogP contribution >= 0.6 is 0 Å². The van der Waals surface area contributed by atoms with Crippen molar-refractivity contribution >= 4 is 28.3 Å². The summed E-state index contributed by atoms with van der Waals surface area (Å²) in [6.45, 7) is 0. The molecule has 1 aromatic heterocycles. The Morgan fingerprint density at radius 1 is 0.960 bits per heavy atom. The third-order valence-corrected chi connectivity index (χ3v) is 3.96. The number of hydrogen-bond donors (Lipinski definition) is 3. The highest BCUT2D eigenvalue weighted by Gasteiger charge is 2.09. The first-order valence-corrected chi connectivity index (χ1v) is 7.91. The van der Waals surface area contributed by atoms with Crippen molar-refractivity contribution in [3.63, 3.8) is 0 Å². The van der Waals surface area contributed by atoms with Gasteiger partial charge in [-0.3, -0.25) is 4.79 Å². The van der Waals surface area contributed by atoms with Gasteiger partial charge in [0.2, 0.25) is 0 Å². The summed E-state index contributed by atoms with van der Waals surface area (Å²) in [5, 5.41) is 2.90. The van der Waals surface area contributed by atoms with E-state index in [1.54, 1.807) is 12.1 Å². The predicted molar refractivity (Wildman–Crippen MR) is 100 cm³/mol. The van der Waals surface area contributed by atoms with Gasteiger partial charge in [-0.1, -0.05) is 18.2 Å². The molecule has 4 rings (SSSR count). The quantitative estimate of drug-likeness (QED) is 0.496. The van der Waals surface area contributed by atoms with E-state index in [1.165, 1.54) is 0 Å². The van der Waals surface area contributed by atoms with E-state index in [2.05, 4.69) is 15.3 Å². The van der Waals surface area contributed by atoms with Crippen molar-refractivity contribution in [2.75, 3.05) is 11.1 Å². The lowest BCUT2D eigenvalue weighted by atomic mass is 10.2. The van der Waals surface area contributed by atoms with Gasteiger partial charge in [-0.05, 0) is 54.6 Å². The molecule has 25 heavy (non-hydrogen) atoms. The van der Waals surface area contributed by atoms with Crippen molar-refractivity contribution in [3.8, 4) is 11.4 Å². The summed E-state index contributed by atoms with van der Waals surface area (Å²) in [5.41, 5.74) is 10.4. The van der Waals surface area contributed by atoms with Gasteiger partial charge in [0.05, 0.1) is 11.0 Å². The lowest BCUT2D eigenvalue weighted by Crippen LogP contribution is -2.11. The van der Waals surface area contributed by atoms with Crippen molar-refractivity contribution in [2.45, 2.75) is 0 Å². The Morgan fingerprint density at radius 3 is 2.48 bits per heavy atom. The third kappa shape index (κ3) is 3.07. The number of nitrogen functional groups attached to an aromatic ring is 1. The lowest BCUT2D eigenvalue weighted by Gasteiger charge is -2.04. The second kappa shape index (κ2) is 6.13. The number of nitrogens with two attached hydrogens (primary N) is 1. The maximum atomic E-state index is 12.3. The van der Waals surface area contributed by atoms with Gasteiger partial charge < -0.3 is 16.0 Å². The number of hydrogen-bond acceptors (Lipinski definition) is 3. The highest BCUT2D eigenvalue weighted by atomic mass is 16.1. The van der Waals surface area contributed by atoms with E-state index < -0.39 is 0 Å². The van der Waals surface area contributed by atoms with Crippen LogP contribution in [0.2, 0.25) is 0 Å². The number of fused-ring (bicyclic) bond motifs is 1. The van der Waals surface area contributed by atoms with Crippen LogP contribution in [0.5, 0.6) is 0 Å². The number of anilines is 2. The number of amides is 1. The minimum Gasteiger partial charge on any atom is -0.399 e. The Balaban J connectivity index is 1.62. The summed E-state index contributed by atoms with van der Waals surface area (Å²) in [6, 6.07) is 22.3. The zero-order valence-corrected chi connectivity index (χ0v) is 13.4. The van der Waals surface area contributed by atoms with E-state index in [1.807, 2.05) is 60.7 Å². The molecular formula is C20H16N4O. The van der Waals surface area contributed by atoms with Crippen molar-refractivity contribution in [1.29, 1.82) is 0 Å². The summed E-state index contributed by atoms with van der Waals surface area (Å²) in [7, 11) is 0. The standard InChI is InChI=1S/C20H16N4O/c21-15-8-6-13(7-9-15)19-23-17-11-10-16(12-18(17)24-19)22-20(25)14-4-2-1-3-5-14/h1-12H,21H2,(H,22,25)(H,23,24). The van der Waals surface area contributed by atoms with E-state index in [9.17, 15) is 4.79 Å². The molecule has 4 aromatic rings. The van der Waals surface area contributed by atoms with Crippen LogP contribution in [0.3, 0.4) is 0 Å². The Labute approximate surface area is 144 Å². The second-order valence-electron chi connectivity index (χ2n) is 5.76. The number of nitrogens with zero attached hydrogens (tertiary/aromatic N) is 1. The SMILES string of the molecule is Nc1ccc(-c2nc3ccc(NC(=O)c4ccccc4)cc3[nH]2)cc1. The number of carbonyl (C=O) groups is 1. The predicted octanol–water partition coefficient (Wildman–Crippen LogP) is 4.06. The van der Waals surface area contributed by atoms with E-state index in [0.29, 0.717) is 16.9 Å². The molecule has 0 radical (unpaired) electrons. The maximum absolute atomic E-state index is 12.3. The highest BCUT2D eigenvalue weighted by molar-refractivity contribution is 6.05. The zero-order valence-electron chi connectivity index (χ0n) is 13.4. The molecule has 0 saturated heterocycles. The van der Waals surface area contributed by atoms with E-state index in [4.69, 9.17) is 5.73 Å². The molecule has 0 aliphatic heterocycles. The van der Waals surface area contributed by atoms with Crippen molar-refractivity contribution < 1.29 is 4.79 Å². The maximum Gasteiger partial charge on any atom is 0.255 e. The number of nitrogens with one attached hydrogen (secondary N) is 2. The van der Waals surface area contributed by atoms with Crippen LogP contribution in [0.25, 0.3) is 22.4 Å². The van der Waals surface area contributed by atoms with Gasteiger partial charge in [0.25, 0.3) is 5.91 Å². The van der Waals surface area contributed by atoms with Crippen LogP contribution in [0.15, 0.2) is 72.8 Å². The summed E-state index contributed by atoms with van der Waals surface area (Å²) in [4.78, 5) is 20.1. The molecule has 4 N–H and O–H groups in total. The molecule has 0 fully saturated rings. The van der Waals surface area contributed by atoms with E-state index in [-0.39, 0.29) is 5.91 Å². The molecule has 5 nitrogen and oxygen atoms in total. The second-order valence-corrected chi connectivity index (χ2v) is 5.76. The fourth-order valence-corrected chi connectivity index (χ4v) is 2.66. The molecule has 0 aliphatic rings. The topological polar surface area (TPSA) is 83.8 Å². The molecule has 0 bridgehead atoms. The van der Waals surface area contributed by atoms with Crippen LogP contribution in [0, 0.1) is 0 Å². The van der Waals surface area contributed by atoms with Crippen LogP contribution < -0.4 is 11.1 Å². The Bertz CT molecular complexity index is 1040. The van der Waals surface area contributed by atoms with E-state index >= 15 is 0 Å². The van der Waals surface area contributed by atoms with Crippen molar-refractivity contribution in [2.24, 2.45) is 0 Å². The number of aromatic amines is 1. The van der Waals surface area contributed by atoms with Crippen LogP contribution in [-0.2, 0) is 0 Å². The molecule has 0 saturated carbocycles.